The maximum atomic E-state index is 13.0. The first-order valence-electron chi connectivity index (χ1n) is 8.75. The third kappa shape index (κ3) is 3.71. The Kier molecular flexibility index (Phi) is 5.01. The number of rotatable bonds is 2. The minimum Gasteiger partial charge on any atom is -0.322 e. The number of hydrogen-bond acceptors (Lipinski definition) is 4. The molecule has 1 fully saturated rings. The zero-order valence-electron chi connectivity index (χ0n) is 14.5. The molecule has 2 aromatic rings. The van der Waals surface area contributed by atoms with Gasteiger partial charge in [-0.15, -0.1) is 23.1 Å². The Labute approximate surface area is 157 Å². The van der Waals surface area contributed by atoms with Crippen LogP contribution in [0.15, 0.2) is 40.6 Å². The second kappa shape index (κ2) is 7.40. The van der Waals surface area contributed by atoms with Crippen LogP contribution in [0.2, 0.25) is 0 Å². The number of urea groups is 1. The maximum Gasteiger partial charge on any atom is 0.324 e. The van der Waals surface area contributed by atoms with Crippen molar-refractivity contribution in [2.45, 2.75) is 10.6 Å². The van der Waals surface area contributed by atoms with E-state index < -0.39 is 0 Å². The predicted molar refractivity (Wildman–Crippen MR) is 106 cm³/mol. The van der Waals surface area contributed by atoms with Crippen molar-refractivity contribution in [1.29, 1.82) is 0 Å². The van der Waals surface area contributed by atoms with E-state index in [1.165, 1.54) is 14.6 Å². The normalized spacial score (nSPS) is 18.3. The molecule has 0 N–H and O–H groups in total. The number of nitrogens with zero attached hydrogens (tertiary/aromatic N) is 3. The fourth-order valence-corrected chi connectivity index (χ4v) is 5.81. The highest BCUT2D eigenvalue weighted by Gasteiger charge is 2.30. The van der Waals surface area contributed by atoms with Crippen LogP contribution in [0, 0.1) is 0 Å². The summed E-state index contributed by atoms with van der Waals surface area (Å²) in [5.74, 6) is 0.984. The van der Waals surface area contributed by atoms with E-state index in [0.717, 1.165) is 50.6 Å². The Bertz CT molecular complexity index is 738. The van der Waals surface area contributed by atoms with Gasteiger partial charge in [-0.1, -0.05) is 30.3 Å². The number of carbonyl (C=O) groups is 1. The number of benzene rings is 1. The molecule has 2 amide bonds. The fourth-order valence-electron chi connectivity index (χ4n) is 3.31. The van der Waals surface area contributed by atoms with E-state index in [1.807, 2.05) is 32.9 Å². The summed E-state index contributed by atoms with van der Waals surface area (Å²) in [4.78, 5) is 20.6. The van der Waals surface area contributed by atoms with Crippen molar-refractivity contribution in [2.75, 3.05) is 50.4 Å². The highest BCUT2D eigenvalue weighted by Crippen LogP contribution is 2.42. The van der Waals surface area contributed by atoms with Gasteiger partial charge in [0.15, 0.2) is 0 Å². The maximum absolute atomic E-state index is 13.0. The molecule has 3 heterocycles. The molecule has 6 heteroatoms. The number of hydrogen-bond donors (Lipinski definition) is 0. The van der Waals surface area contributed by atoms with Gasteiger partial charge in [0.25, 0.3) is 0 Å². The second-order valence-corrected chi connectivity index (χ2v) is 9.12. The summed E-state index contributed by atoms with van der Waals surface area (Å²) in [6, 6.07) is 13.0. The number of thiophene rings is 1. The molecule has 0 atom stereocenters. The van der Waals surface area contributed by atoms with E-state index in [0.29, 0.717) is 0 Å². The third-order valence-electron chi connectivity index (χ3n) is 4.80. The van der Waals surface area contributed by atoms with Gasteiger partial charge >= 0.3 is 6.03 Å². The highest BCUT2D eigenvalue weighted by molar-refractivity contribution is 8.01. The summed E-state index contributed by atoms with van der Waals surface area (Å²) in [5.41, 5.74) is 2.44. The summed E-state index contributed by atoms with van der Waals surface area (Å²) in [6.45, 7) is 4.39. The first-order valence-corrected chi connectivity index (χ1v) is 10.6. The lowest BCUT2D eigenvalue weighted by Gasteiger charge is -2.37. The van der Waals surface area contributed by atoms with Crippen molar-refractivity contribution in [3.8, 4) is 0 Å². The van der Waals surface area contributed by atoms with Crippen molar-refractivity contribution in [3.63, 3.8) is 0 Å². The fraction of sp³-hybridized carbons (Fsp3) is 0.421. The molecule has 0 unspecified atom stereocenters. The highest BCUT2D eigenvalue weighted by atomic mass is 32.2. The van der Waals surface area contributed by atoms with Crippen LogP contribution >= 0.6 is 23.1 Å². The summed E-state index contributed by atoms with van der Waals surface area (Å²) in [7, 11) is 2.12. The minimum atomic E-state index is 0.179. The average Bonchev–Trinajstić information content (AvgIpc) is 3.05. The van der Waals surface area contributed by atoms with Gasteiger partial charge in [-0.25, -0.2) is 4.79 Å². The van der Waals surface area contributed by atoms with Gasteiger partial charge in [0.05, 0.1) is 9.90 Å². The largest absolute Gasteiger partial charge is 0.324 e. The van der Waals surface area contributed by atoms with Crippen LogP contribution in [-0.4, -0.2) is 61.4 Å². The van der Waals surface area contributed by atoms with E-state index in [4.69, 9.17) is 0 Å². The van der Waals surface area contributed by atoms with E-state index in [-0.39, 0.29) is 6.03 Å². The molecule has 0 bridgehead atoms. The monoisotopic (exact) mass is 373 g/mol. The number of fused-ring (bicyclic) bond motifs is 1. The van der Waals surface area contributed by atoms with Crippen molar-refractivity contribution in [3.05, 3.63) is 46.8 Å². The van der Waals surface area contributed by atoms with Crippen LogP contribution in [-0.2, 0) is 6.42 Å². The van der Waals surface area contributed by atoms with E-state index in [1.54, 1.807) is 0 Å². The number of carbonyl (C=O) groups excluding carboxylic acids is 1. The third-order valence-corrected chi connectivity index (χ3v) is 7.18. The van der Waals surface area contributed by atoms with Crippen LogP contribution in [0.1, 0.15) is 10.4 Å². The molecule has 4 nitrogen and oxygen atoms in total. The van der Waals surface area contributed by atoms with Gasteiger partial charge in [-0.05, 0) is 18.7 Å². The topological polar surface area (TPSA) is 26.8 Å². The van der Waals surface area contributed by atoms with Gasteiger partial charge in [-0.3, -0.25) is 4.90 Å². The van der Waals surface area contributed by atoms with E-state index in [9.17, 15) is 4.79 Å². The quantitative estimate of drug-likeness (QED) is 0.804. The van der Waals surface area contributed by atoms with Crippen molar-refractivity contribution >= 4 is 34.8 Å². The van der Waals surface area contributed by atoms with Crippen LogP contribution in [0.5, 0.6) is 0 Å². The number of amides is 2. The first kappa shape index (κ1) is 16.9. The van der Waals surface area contributed by atoms with Crippen LogP contribution in [0.3, 0.4) is 0 Å². The van der Waals surface area contributed by atoms with E-state index in [2.05, 4.69) is 48.3 Å². The number of likely N-dealkylation sites (N-methyl/N-ethyl adjacent to an activating group) is 1. The number of piperazine rings is 1. The first-order chi connectivity index (χ1) is 12.2. The molecule has 0 spiro atoms. The zero-order chi connectivity index (χ0) is 17.2. The molecule has 1 aromatic heterocycles. The summed E-state index contributed by atoms with van der Waals surface area (Å²) >= 11 is 3.73. The molecule has 1 saturated heterocycles. The summed E-state index contributed by atoms with van der Waals surface area (Å²) < 4.78 is 1.29. The number of thioether (sulfide) groups is 1. The lowest BCUT2D eigenvalue weighted by Crippen LogP contribution is -2.52. The minimum absolute atomic E-state index is 0.179. The van der Waals surface area contributed by atoms with E-state index >= 15 is 0 Å². The molecule has 0 aliphatic carbocycles. The van der Waals surface area contributed by atoms with Gasteiger partial charge in [0.1, 0.15) is 0 Å². The molecule has 0 radical (unpaired) electrons. The van der Waals surface area contributed by atoms with Gasteiger partial charge in [-0.2, -0.15) is 0 Å². The van der Waals surface area contributed by atoms with Crippen LogP contribution < -0.4 is 4.90 Å². The Morgan fingerprint density at radius 2 is 1.84 bits per heavy atom. The lowest BCUT2D eigenvalue weighted by atomic mass is 10.1. The Hall–Kier alpha value is -1.50. The van der Waals surface area contributed by atoms with Gasteiger partial charge in [0, 0.05) is 49.8 Å². The smallest absolute Gasteiger partial charge is 0.322 e. The Morgan fingerprint density at radius 3 is 2.60 bits per heavy atom. The molecule has 132 valence electrons. The molecular weight excluding hydrogens is 350 g/mol. The average molecular weight is 374 g/mol. The van der Waals surface area contributed by atoms with Crippen molar-refractivity contribution in [2.24, 2.45) is 0 Å². The van der Waals surface area contributed by atoms with Crippen LogP contribution in [0.25, 0.3) is 0 Å². The Balaban J connectivity index is 1.52. The molecule has 0 saturated carbocycles. The van der Waals surface area contributed by atoms with Crippen LogP contribution in [0.4, 0.5) is 10.5 Å². The predicted octanol–water partition coefficient (Wildman–Crippen LogP) is 3.62. The van der Waals surface area contributed by atoms with Crippen molar-refractivity contribution < 1.29 is 4.79 Å². The zero-order valence-corrected chi connectivity index (χ0v) is 16.1. The molecule has 2 aliphatic rings. The molecule has 2 aliphatic heterocycles. The molecule has 1 aromatic carbocycles. The summed E-state index contributed by atoms with van der Waals surface area (Å²) in [5, 5.41) is 0. The van der Waals surface area contributed by atoms with Gasteiger partial charge in [0.2, 0.25) is 0 Å². The molecule has 25 heavy (non-hydrogen) atoms. The van der Waals surface area contributed by atoms with Gasteiger partial charge < -0.3 is 9.80 Å². The molecular formula is C19H23N3OS2. The second-order valence-electron chi connectivity index (χ2n) is 6.62. The summed E-state index contributed by atoms with van der Waals surface area (Å²) in [6.07, 6.45) is 0.940. The molecule has 4 rings (SSSR count). The lowest BCUT2D eigenvalue weighted by molar-refractivity contribution is 0.159. The number of anilines is 1. The Morgan fingerprint density at radius 1 is 1.08 bits per heavy atom. The standard InChI is InChI=1S/C19H23N3OS2/c1-20-7-9-21(10-8-20)19(23)22-11-12-24-18-17(22)14-16(25-18)13-15-5-3-2-4-6-15/h2-6,14H,7-13H2,1H3. The van der Waals surface area contributed by atoms with Crippen molar-refractivity contribution in [1.82, 2.24) is 9.80 Å². The SMILES string of the molecule is CN1CCN(C(=O)N2CCSc3sc(Cc4ccccc4)cc32)CC1.